The molecule has 0 amide bonds. The van der Waals surface area contributed by atoms with Crippen LogP contribution in [0.3, 0.4) is 0 Å². The largest absolute Gasteiger partial charge is 0.462 e. The number of esters is 1. The number of carbonyl (C=O) groups excluding carboxylic acids is 1. The predicted molar refractivity (Wildman–Crippen MR) is 49.9 cm³/mol. The van der Waals surface area contributed by atoms with E-state index in [1.165, 1.54) is 0 Å². The van der Waals surface area contributed by atoms with Crippen LogP contribution >= 0.6 is 0 Å². The van der Waals surface area contributed by atoms with Crippen molar-refractivity contribution in [3.05, 3.63) is 0 Å². The summed E-state index contributed by atoms with van der Waals surface area (Å²) in [7, 11) is 0. The Bertz CT molecular complexity index is 132. The van der Waals surface area contributed by atoms with Crippen LogP contribution in [0.1, 0.15) is 47.0 Å². The monoisotopic (exact) mass is 172 g/mol. The van der Waals surface area contributed by atoms with Gasteiger partial charge in [0.15, 0.2) is 0 Å². The minimum absolute atomic E-state index is 0.0457. The van der Waals surface area contributed by atoms with E-state index in [9.17, 15) is 4.79 Å². The van der Waals surface area contributed by atoms with Gasteiger partial charge in [0.25, 0.3) is 0 Å². The summed E-state index contributed by atoms with van der Waals surface area (Å²) >= 11 is 0. The van der Waals surface area contributed by atoms with Crippen LogP contribution in [0.5, 0.6) is 0 Å². The maximum atomic E-state index is 11.2. The highest BCUT2D eigenvalue weighted by atomic mass is 16.5. The average Bonchev–Trinajstić information content (AvgIpc) is 2.03. The molecule has 0 saturated heterocycles. The molecular formula is C10H20O2. The minimum atomic E-state index is -0.0570. The second-order valence-electron chi connectivity index (χ2n) is 3.35. The van der Waals surface area contributed by atoms with Gasteiger partial charge in [0.2, 0.25) is 0 Å². The molecule has 0 N–H and O–H groups in total. The van der Waals surface area contributed by atoms with Crippen molar-refractivity contribution in [3.8, 4) is 0 Å². The van der Waals surface area contributed by atoms with Crippen molar-refractivity contribution in [2.75, 3.05) is 0 Å². The molecule has 72 valence electrons. The first-order chi connectivity index (χ1) is 5.61. The predicted octanol–water partition coefficient (Wildman–Crippen LogP) is 2.76. The fraction of sp³-hybridized carbons (Fsp3) is 0.900. The number of ether oxygens (including phenoxy) is 1. The first-order valence-corrected chi connectivity index (χ1v) is 4.82. The number of carbonyl (C=O) groups is 1. The van der Waals surface area contributed by atoms with Gasteiger partial charge in [-0.1, -0.05) is 27.2 Å². The zero-order chi connectivity index (χ0) is 9.56. The van der Waals surface area contributed by atoms with Crippen LogP contribution in [0.2, 0.25) is 0 Å². The third-order valence-electron chi connectivity index (χ3n) is 2.03. The molecule has 0 aromatic rings. The highest BCUT2D eigenvalue weighted by molar-refractivity contribution is 5.72. The van der Waals surface area contributed by atoms with E-state index in [1.54, 1.807) is 0 Å². The topological polar surface area (TPSA) is 26.3 Å². The average molecular weight is 172 g/mol. The van der Waals surface area contributed by atoms with Crippen LogP contribution in [0.15, 0.2) is 0 Å². The normalized spacial score (nSPS) is 15.3. The van der Waals surface area contributed by atoms with Gasteiger partial charge in [-0.15, -0.1) is 0 Å². The summed E-state index contributed by atoms with van der Waals surface area (Å²) in [6.07, 6.45) is 2.96. The SMILES string of the molecule is CCCC(C)OC(=O)C(C)CC. The summed E-state index contributed by atoms with van der Waals surface area (Å²) in [6, 6.07) is 0. The van der Waals surface area contributed by atoms with E-state index in [4.69, 9.17) is 4.74 Å². The second-order valence-corrected chi connectivity index (χ2v) is 3.35. The van der Waals surface area contributed by atoms with Gasteiger partial charge < -0.3 is 4.74 Å². The standard InChI is InChI=1S/C10H20O2/c1-5-7-9(4)12-10(11)8(3)6-2/h8-9H,5-7H2,1-4H3. The zero-order valence-electron chi connectivity index (χ0n) is 8.59. The van der Waals surface area contributed by atoms with Crippen molar-refractivity contribution >= 4 is 5.97 Å². The van der Waals surface area contributed by atoms with Crippen LogP contribution in [0, 0.1) is 5.92 Å². The Kier molecular flexibility index (Phi) is 5.77. The van der Waals surface area contributed by atoms with Crippen molar-refractivity contribution in [3.63, 3.8) is 0 Å². The Morgan fingerprint density at radius 3 is 2.33 bits per heavy atom. The van der Waals surface area contributed by atoms with E-state index in [1.807, 2.05) is 20.8 Å². The van der Waals surface area contributed by atoms with Gasteiger partial charge in [-0.2, -0.15) is 0 Å². The van der Waals surface area contributed by atoms with Gasteiger partial charge in [0, 0.05) is 0 Å². The molecule has 0 heterocycles. The van der Waals surface area contributed by atoms with Gasteiger partial charge in [-0.25, -0.2) is 0 Å². The van der Waals surface area contributed by atoms with Gasteiger partial charge in [-0.05, 0) is 19.8 Å². The molecule has 0 aliphatic heterocycles. The molecule has 12 heavy (non-hydrogen) atoms. The lowest BCUT2D eigenvalue weighted by molar-refractivity contribution is -0.153. The lowest BCUT2D eigenvalue weighted by Gasteiger charge is -2.14. The maximum Gasteiger partial charge on any atom is 0.308 e. The van der Waals surface area contributed by atoms with E-state index in [-0.39, 0.29) is 18.0 Å². The van der Waals surface area contributed by atoms with Crippen LogP contribution in [-0.4, -0.2) is 12.1 Å². The summed E-state index contributed by atoms with van der Waals surface area (Å²) in [6.45, 7) is 7.94. The molecule has 0 aromatic carbocycles. The summed E-state index contributed by atoms with van der Waals surface area (Å²) in [5.41, 5.74) is 0. The molecule has 0 rings (SSSR count). The molecule has 2 heteroatoms. The quantitative estimate of drug-likeness (QED) is 0.596. The molecule has 2 atom stereocenters. The van der Waals surface area contributed by atoms with Gasteiger partial charge in [-0.3, -0.25) is 4.79 Å². The third-order valence-corrected chi connectivity index (χ3v) is 2.03. The Labute approximate surface area is 75.3 Å². The van der Waals surface area contributed by atoms with Crippen molar-refractivity contribution in [2.24, 2.45) is 5.92 Å². The molecule has 0 aliphatic rings. The molecular weight excluding hydrogens is 152 g/mol. The lowest BCUT2D eigenvalue weighted by Crippen LogP contribution is -2.20. The van der Waals surface area contributed by atoms with Crippen LogP contribution in [-0.2, 0) is 9.53 Å². The molecule has 0 aliphatic carbocycles. The van der Waals surface area contributed by atoms with E-state index in [2.05, 4.69) is 6.92 Å². The van der Waals surface area contributed by atoms with E-state index in [0.717, 1.165) is 19.3 Å². The van der Waals surface area contributed by atoms with Crippen molar-refractivity contribution < 1.29 is 9.53 Å². The molecule has 2 nitrogen and oxygen atoms in total. The van der Waals surface area contributed by atoms with Crippen molar-refractivity contribution in [2.45, 2.75) is 53.1 Å². The Morgan fingerprint density at radius 2 is 1.92 bits per heavy atom. The van der Waals surface area contributed by atoms with Crippen molar-refractivity contribution in [1.29, 1.82) is 0 Å². The molecule has 0 fully saturated rings. The summed E-state index contributed by atoms with van der Waals surface area (Å²) in [4.78, 5) is 11.2. The minimum Gasteiger partial charge on any atom is -0.462 e. The van der Waals surface area contributed by atoms with Crippen molar-refractivity contribution in [1.82, 2.24) is 0 Å². The zero-order valence-corrected chi connectivity index (χ0v) is 8.59. The summed E-state index contributed by atoms with van der Waals surface area (Å²) in [5.74, 6) is -0.0113. The number of hydrogen-bond acceptors (Lipinski definition) is 2. The third kappa shape index (κ3) is 4.37. The molecule has 2 unspecified atom stereocenters. The lowest BCUT2D eigenvalue weighted by atomic mass is 10.1. The molecule has 0 spiro atoms. The Morgan fingerprint density at radius 1 is 1.33 bits per heavy atom. The Balaban J connectivity index is 3.67. The van der Waals surface area contributed by atoms with E-state index in [0.29, 0.717) is 0 Å². The maximum absolute atomic E-state index is 11.2. The first-order valence-electron chi connectivity index (χ1n) is 4.82. The van der Waals surface area contributed by atoms with E-state index >= 15 is 0 Å². The highest BCUT2D eigenvalue weighted by Gasteiger charge is 2.14. The van der Waals surface area contributed by atoms with Crippen LogP contribution in [0.25, 0.3) is 0 Å². The van der Waals surface area contributed by atoms with Gasteiger partial charge >= 0.3 is 5.97 Å². The smallest absolute Gasteiger partial charge is 0.308 e. The number of rotatable bonds is 5. The molecule has 0 aromatic heterocycles. The summed E-state index contributed by atoms with van der Waals surface area (Å²) < 4.78 is 5.20. The fourth-order valence-electron chi connectivity index (χ4n) is 0.947. The number of hydrogen-bond donors (Lipinski definition) is 0. The van der Waals surface area contributed by atoms with Gasteiger partial charge in [0.05, 0.1) is 12.0 Å². The van der Waals surface area contributed by atoms with Crippen LogP contribution < -0.4 is 0 Å². The first kappa shape index (κ1) is 11.5. The molecule has 0 saturated carbocycles. The second kappa shape index (κ2) is 6.04. The Hall–Kier alpha value is -0.530. The van der Waals surface area contributed by atoms with Crippen LogP contribution in [0.4, 0.5) is 0 Å². The summed E-state index contributed by atoms with van der Waals surface area (Å²) in [5, 5.41) is 0. The molecule has 0 radical (unpaired) electrons. The fourth-order valence-corrected chi connectivity index (χ4v) is 0.947. The molecule has 0 bridgehead atoms. The van der Waals surface area contributed by atoms with E-state index < -0.39 is 0 Å². The highest BCUT2D eigenvalue weighted by Crippen LogP contribution is 2.08. The van der Waals surface area contributed by atoms with Gasteiger partial charge in [0.1, 0.15) is 0 Å².